The van der Waals surface area contributed by atoms with Crippen LogP contribution in [0.2, 0.25) is 5.15 Å². The lowest BCUT2D eigenvalue weighted by molar-refractivity contribution is 0.122. The van der Waals surface area contributed by atoms with Crippen LogP contribution >= 0.6 is 11.6 Å². The Morgan fingerprint density at radius 3 is 2.64 bits per heavy atom. The Morgan fingerprint density at radius 1 is 1.11 bits per heavy atom. The molecule has 0 amide bonds. The van der Waals surface area contributed by atoms with Crippen molar-refractivity contribution in [3.05, 3.63) is 64.8 Å². The van der Waals surface area contributed by atoms with Crippen LogP contribution in [0.1, 0.15) is 11.1 Å². The zero-order valence-electron chi connectivity index (χ0n) is 16.0. The van der Waals surface area contributed by atoms with E-state index in [1.165, 1.54) is 5.56 Å². The van der Waals surface area contributed by atoms with Gasteiger partial charge in [-0.3, -0.25) is 0 Å². The second-order valence-corrected chi connectivity index (χ2v) is 7.16. The maximum Gasteiger partial charge on any atom is 0.136 e. The van der Waals surface area contributed by atoms with Crippen LogP contribution in [0.25, 0.3) is 10.9 Å². The summed E-state index contributed by atoms with van der Waals surface area (Å²) in [6.45, 7) is 4.50. The number of hydrogen-bond donors (Lipinski definition) is 1. The van der Waals surface area contributed by atoms with E-state index in [0.29, 0.717) is 24.9 Å². The largest absolute Gasteiger partial charge is 0.497 e. The van der Waals surface area contributed by atoms with Crippen molar-refractivity contribution in [2.24, 2.45) is 0 Å². The topological polar surface area (TPSA) is 46.6 Å². The van der Waals surface area contributed by atoms with Gasteiger partial charge in [-0.05, 0) is 23.8 Å². The molecule has 1 saturated heterocycles. The first kappa shape index (κ1) is 19.0. The van der Waals surface area contributed by atoms with E-state index in [9.17, 15) is 0 Å². The molecule has 1 N–H and O–H groups in total. The van der Waals surface area contributed by atoms with Crippen LogP contribution in [0.15, 0.2) is 48.5 Å². The molecule has 4 rings (SSSR count). The number of nitrogens with one attached hydrogen (secondary N) is 1. The molecule has 1 fully saturated rings. The van der Waals surface area contributed by atoms with Gasteiger partial charge in [-0.2, -0.15) is 0 Å². The maximum atomic E-state index is 6.64. The van der Waals surface area contributed by atoms with Crippen LogP contribution < -0.4 is 15.0 Å². The lowest BCUT2D eigenvalue weighted by Crippen LogP contribution is -2.37. The third kappa shape index (κ3) is 4.07. The van der Waals surface area contributed by atoms with E-state index in [-0.39, 0.29) is 0 Å². The van der Waals surface area contributed by atoms with E-state index in [1.54, 1.807) is 7.11 Å². The predicted octanol–water partition coefficient (Wildman–Crippen LogP) is 4.02. The minimum absolute atomic E-state index is 0.541. The molecule has 6 heteroatoms. The van der Waals surface area contributed by atoms with Crippen molar-refractivity contribution in [3.63, 3.8) is 0 Å². The number of morpholine rings is 1. The van der Waals surface area contributed by atoms with Crippen LogP contribution in [0.4, 0.5) is 5.69 Å². The predicted molar refractivity (Wildman–Crippen MR) is 113 cm³/mol. The Morgan fingerprint density at radius 2 is 1.89 bits per heavy atom. The summed E-state index contributed by atoms with van der Waals surface area (Å²) in [7, 11) is 1.68. The molecule has 2 heterocycles. The summed E-state index contributed by atoms with van der Waals surface area (Å²) in [4.78, 5) is 6.99. The number of fused-ring (bicyclic) bond motifs is 1. The summed E-state index contributed by atoms with van der Waals surface area (Å²) in [6, 6.07) is 16.3. The molecule has 0 atom stereocenters. The molecule has 28 heavy (non-hydrogen) atoms. The lowest BCUT2D eigenvalue weighted by atomic mass is 10.1. The summed E-state index contributed by atoms with van der Waals surface area (Å²) in [6.07, 6.45) is 0. The molecule has 0 aliphatic carbocycles. The van der Waals surface area contributed by atoms with Gasteiger partial charge in [0.2, 0.25) is 0 Å². The molecular formula is C22H24ClN3O2. The Bertz CT molecular complexity index is 943. The molecule has 0 bridgehead atoms. The van der Waals surface area contributed by atoms with E-state index in [0.717, 1.165) is 47.5 Å². The first-order valence-electron chi connectivity index (χ1n) is 9.49. The molecule has 146 valence electrons. The van der Waals surface area contributed by atoms with Crippen molar-refractivity contribution in [1.82, 2.24) is 10.3 Å². The molecule has 0 spiro atoms. The highest BCUT2D eigenvalue weighted by atomic mass is 35.5. The number of methoxy groups -OCH3 is 1. The highest BCUT2D eigenvalue weighted by Gasteiger charge is 2.21. The monoisotopic (exact) mass is 397 g/mol. The average Bonchev–Trinajstić information content (AvgIpc) is 2.75. The van der Waals surface area contributed by atoms with Crippen LogP contribution in [-0.4, -0.2) is 38.4 Å². The van der Waals surface area contributed by atoms with Crippen LogP contribution in [0.5, 0.6) is 5.75 Å². The Hall–Kier alpha value is -2.34. The second-order valence-electron chi connectivity index (χ2n) is 6.80. The van der Waals surface area contributed by atoms with Crippen LogP contribution in [-0.2, 0) is 17.8 Å². The molecule has 1 aliphatic heterocycles. The zero-order chi connectivity index (χ0) is 19.3. The standard InChI is InChI=1S/C22H24ClN3O2/c1-27-17-7-8-20-18(13-17)21(26-9-11-28-12-10-26)19(22(23)25-20)15-24-14-16-5-3-2-4-6-16/h2-8,13,24H,9-12,14-15H2,1H3. The molecule has 5 nitrogen and oxygen atoms in total. The quantitative estimate of drug-likeness (QED) is 0.636. The van der Waals surface area contributed by atoms with Crippen molar-refractivity contribution < 1.29 is 9.47 Å². The number of benzene rings is 2. The van der Waals surface area contributed by atoms with Crippen molar-refractivity contribution in [1.29, 1.82) is 0 Å². The highest BCUT2D eigenvalue weighted by Crippen LogP contribution is 2.36. The third-order valence-electron chi connectivity index (χ3n) is 5.01. The Labute approximate surface area is 170 Å². The Kier molecular flexibility index (Phi) is 5.95. The number of ether oxygens (including phenoxy) is 2. The summed E-state index contributed by atoms with van der Waals surface area (Å²) >= 11 is 6.64. The van der Waals surface area contributed by atoms with E-state index in [1.807, 2.05) is 36.4 Å². The number of hydrogen-bond acceptors (Lipinski definition) is 5. The average molecular weight is 398 g/mol. The molecule has 1 aromatic heterocycles. The van der Waals surface area contributed by atoms with Crippen LogP contribution in [0, 0.1) is 0 Å². The number of anilines is 1. The van der Waals surface area contributed by atoms with Crippen molar-refractivity contribution >= 4 is 28.2 Å². The number of halogens is 1. The minimum atomic E-state index is 0.541. The van der Waals surface area contributed by atoms with Gasteiger partial charge >= 0.3 is 0 Å². The van der Waals surface area contributed by atoms with Gasteiger partial charge in [0.05, 0.1) is 31.5 Å². The summed E-state index contributed by atoms with van der Waals surface area (Å²) < 4.78 is 11.0. The van der Waals surface area contributed by atoms with Gasteiger partial charge in [-0.25, -0.2) is 4.98 Å². The number of aromatic nitrogens is 1. The van der Waals surface area contributed by atoms with Gasteiger partial charge in [0.15, 0.2) is 0 Å². The molecule has 0 unspecified atom stereocenters. The van der Waals surface area contributed by atoms with Gasteiger partial charge in [-0.1, -0.05) is 41.9 Å². The fourth-order valence-corrected chi connectivity index (χ4v) is 3.84. The minimum Gasteiger partial charge on any atom is -0.497 e. The molecule has 3 aromatic rings. The van der Waals surface area contributed by atoms with Crippen molar-refractivity contribution in [3.8, 4) is 5.75 Å². The third-order valence-corrected chi connectivity index (χ3v) is 5.33. The van der Waals surface area contributed by atoms with E-state index in [2.05, 4.69) is 27.3 Å². The first-order chi connectivity index (χ1) is 13.8. The van der Waals surface area contributed by atoms with Gasteiger partial charge in [0.25, 0.3) is 0 Å². The maximum absolute atomic E-state index is 6.64. The van der Waals surface area contributed by atoms with Gasteiger partial charge in [0.1, 0.15) is 10.9 Å². The molecule has 0 saturated carbocycles. The zero-order valence-corrected chi connectivity index (χ0v) is 16.7. The van der Waals surface area contributed by atoms with Crippen molar-refractivity contribution in [2.45, 2.75) is 13.1 Å². The summed E-state index contributed by atoms with van der Waals surface area (Å²) in [5, 5.41) is 5.12. The fourth-order valence-electron chi connectivity index (χ4n) is 3.60. The highest BCUT2D eigenvalue weighted by molar-refractivity contribution is 6.31. The first-order valence-corrected chi connectivity index (χ1v) is 9.87. The lowest BCUT2D eigenvalue weighted by Gasteiger charge is -2.32. The Balaban J connectivity index is 1.71. The van der Waals surface area contributed by atoms with E-state index < -0.39 is 0 Å². The smallest absolute Gasteiger partial charge is 0.136 e. The van der Waals surface area contributed by atoms with Gasteiger partial charge in [0, 0.05) is 37.1 Å². The molecular weight excluding hydrogens is 374 g/mol. The van der Waals surface area contributed by atoms with Crippen LogP contribution in [0.3, 0.4) is 0 Å². The number of pyridine rings is 1. The molecule has 2 aromatic carbocycles. The molecule has 0 radical (unpaired) electrons. The van der Waals surface area contributed by atoms with Gasteiger partial charge in [-0.15, -0.1) is 0 Å². The van der Waals surface area contributed by atoms with Crippen molar-refractivity contribution in [2.75, 3.05) is 38.3 Å². The molecule has 1 aliphatic rings. The summed E-state index contributed by atoms with van der Waals surface area (Å²) in [5.41, 5.74) is 4.25. The SMILES string of the molecule is COc1ccc2nc(Cl)c(CNCc3ccccc3)c(N3CCOCC3)c2c1. The second kappa shape index (κ2) is 8.78. The van der Waals surface area contributed by atoms with E-state index in [4.69, 9.17) is 21.1 Å². The normalized spacial score (nSPS) is 14.4. The number of rotatable bonds is 6. The fraction of sp³-hybridized carbons (Fsp3) is 0.318. The summed E-state index contributed by atoms with van der Waals surface area (Å²) in [5.74, 6) is 0.814. The van der Waals surface area contributed by atoms with E-state index >= 15 is 0 Å². The van der Waals surface area contributed by atoms with Gasteiger partial charge < -0.3 is 19.7 Å². The number of nitrogens with zero attached hydrogens (tertiary/aromatic N) is 2.